The van der Waals surface area contributed by atoms with Gasteiger partial charge in [-0.15, -0.1) is 0 Å². The molecule has 1 N–H and O–H groups in total. The molecule has 0 bridgehead atoms. The van der Waals surface area contributed by atoms with Gasteiger partial charge in [0.1, 0.15) is 11.4 Å². The lowest BCUT2D eigenvalue weighted by molar-refractivity contribution is 0.0741. The summed E-state index contributed by atoms with van der Waals surface area (Å²) in [4.78, 5) is 17.2. The summed E-state index contributed by atoms with van der Waals surface area (Å²) < 4.78 is 31.2. The molecule has 11 heteroatoms. The number of rotatable bonds is 5. The molecule has 0 saturated carbocycles. The van der Waals surface area contributed by atoms with Crippen LogP contribution in [0.3, 0.4) is 0 Å². The lowest BCUT2D eigenvalue weighted by atomic mass is 10.1. The van der Waals surface area contributed by atoms with Crippen molar-refractivity contribution in [2.24, 2.45) is 0 Å². The average molecular weight is 499 g/mol. The number of piperazine rings is 1. The molecule has 0 radical (unpaired) electrons. The van der Waals surface area contributed by atoms with E-state index in [0.717, 1.165) is 22.6 Å². The Kier molecular flexibility index (Phi) is 6.04. The van der Waals surface area contributed by atoms with Crippen molar-refractivity contribution >= 4 is 21.4 Å². The number of carbonyl (C=O) groups is 1. The SMILES string of the molecule is COc1ccccc1-c1cc(C(=O)N2CCN(c3c(C)nn(C4CCS(=O)(=O)C4)c3C)CC2)[nH]n1. The normalized spacial score (nSPS) is 19.8. The van der Waals surface area contributed by atoms with E-state index >= 15 is 0 Å². The van der Waals surface area contributed by atoms with E-state index in [1.165, 1.54) is 0 Å². The first-order valence-corrected chi connectivity index (χ1v) is 13.6. The van der Waals surface area contributed by atoms with E-state index in [0.29, 0.717) is 49.7 Å². The smallest absolute Gasteiger partial charge is 0.272 e. The number of benzene rings is 1. The third-order valence-electron chi connectivity index (χ3n) is 6.92. The van der Waals surface area contributed by atoms with Gasteiger partial charge in [-0.2, -0.15) is 10.2 Å². The Morgan fingerprint density at radius 2 is 1.89 bits per heavy atom. The Morgan fingerprint density at radius 1 is 1.14 bits per heavy atom. The van der Waals surface area contributed by atoms with Crippen LogP contribution in [-0.4, -0.2) is 84.0 Å². The van der Waals surface area contributed by atoms with Crippen molar-refractivity contribution in [2.75, 3.05) is 49.7 Å². The summed E-state index contributed by atoms with van der Waals surface area (Å²) in [7, 11) is -1.37. The van der Waals surface area contributed by atoms with Gasteiger partial charge in [0, 0.05) is 31.7 Å². The third-order valence-corrected chi connectivity index (χ3v) is 8.67. The molecular formula is C24H30N6O4S. The van der Waals surface area contributed by atoms with Crippen molar-refractivity contribution < 1.29 is 17.9 Å². The highest BCUT2D eigenvalue weighted by atomic mass is 32.2. The first-order chi connectivity index (χ1) is 16.8. The summed E-state index contributed by atoms with van der Waals surface area (Å²) in [5.41, 5.74) is 4.86. The summed E-state index contributed by atoms with van der Waals surface area (Å²) in [5, 5.41) is 11.9. The van der Waals surface area contributed by atoms with E-state index in [4.69, 9.17) is 4.74 Å². The highest BCUT2D eigenvalue weighted by molar-refractivity contribution is 7.91. The number of anilines is 1. The fourth-order valence-corrected chi connectivity index (χ4v) is 6.86. The molecule has 186 valence electrons. The highest BCUT2D eigenvalue weighted by Gasteiger charge is 2.33. The van der Waals surface area contributed by atoms with E-state index in [9.17, 15) is 13.2 Å². The van der Waals surface area contributed by atoms with Gasteiger partial charge in [0.25, 0.3) is 5.91 Å². The molecule has 2 saturated heterocycles. The highest BCUT2D eigenvalue weighted by Crippen LogP contribution is 2.32. The van der Waals surface area contributed by atoms with Gasteiger partial charge in [-0.05, 0) is 38.5 Å². The average Bonchev–Trinajstić information content (AvgIpc) is 3.56. The first-order valence-electron chi connectivity index (χ1n) is 11.8. The molecule has 2 aliphatic heterocycles. The summed E-state index contributed by atoms with van der Waals surface area (Å²) in [6.45, 7) is 6.46. The molecule has 35 heavy (non-hydrogen) atoms. The third kappa shape index (κ3) is 4.40. The van der Waals surface area contributed by atoms with Crippen LogP contribution >= 0.6 is 0 Å². The summed E-state index contributed by atoms with van der Waals surface area (Å²) in [6, 6.07) is 9.23. The van der Waals surface area contributed by atoms with E-state index in [1.807, 2.05) is 47.7 Å². The van der Waals surface area contributed by atoms with Crippen LogP contribution in [0.25, 0.3) is 11.3 Å². The maximum absolute atomic E-state index is 13.1. The number of sulfone groups is 1. The van der Waals surface area contributed by atoms with E-state index in [1.54, 1.807) is 13.2 Å². The molecule has 3 aromatic rings. The largest absolute Gasteiger partial charge is 0.496 e. The number of nitrogens with zero attached hydrogens (tertiary/aromatic N) is 5. The Morgan fingerprint density at radius 3 is 2.57 bits per heavy atom. The maximum Gasteiger partial charge on any atom is 0.272 e. The van der Waals surface area contributed by atoms with Crippen molar-refractivity contribution in [1.29, 1.82) is 0 Å². The zero-order chi connectivity index (χ0) is 24.7. The second-order valence-corrected chi connectivity index (χ2v) is 11.4. The number of aromatic nitrogens is 4. The van der Waals surface area contributed by atoms with Crippen molar-refractivity contribution in [3.8, 4) is 17.0 Å². The van der Waals surface area contributed by atoms with Crippen molar-refractivity contribution in [2.45, 2.75) is 26.3 Å². The van der Waals surface area contributed by atoms with Gasteiger partial charge in [0.15, 0.2) is 9.84 Å². The molecule has 1 unspecified atom stereocenters. The second kappa shape index (κ2) is 9.03. The quantitative estimate of drug-likeness (QED) is 0.574. The van der Waals surface area contributed by atoms with E-state index in [-0.39, 0.29) is 23.5 Å². The summed E-state index contributed by atoms with van der Waals surface area (Å²) >= 11 is 0. The standard InChI is InChI=1S/C24H30N6O4S/c1-16-23(17(2)30(27-16)18-8-13-35(32,33)15-18)28-9-11-29(12-10-28)24(31)21-14-20(25-26-21)19-6-4-5-7-22(19)34-3/h4-7,14,18H,8-13,15H2,1-3H3,(H,25,26). The topological polar surface area (TPSA) is 113 Å². The number of para-hydroxylation sites is 1. The van der Waals surface area contributed by atoms with Crippen molar-refractivity contribution in [3.05, 3.63) is 47.4 Å². The predicted molar refractivity (Wildman–Crippen MR) is 133 cm³/mol. The van der Waals surface area contributed by atoms with Crippen LogP contribution in [0.4, 0.5) is 5.69 Å². The minimum Gasteiger partial charge on any atom is -0.496 e. The molecule has 4 heterocycles. The van der Waals surface area contributed by atoms with Gasteiger partial charge < -0.3 is 14.5 Å². The second-order valence-electron chi connectivity index (χ2n) is 9.17. The molecule has 2 fully saturated rings. The molecule has 0 spiro atoms. The van der Waals surface area contributed by atoms with Gasteiger partial charge in [0.05, 0.1) is 47.4 Å². The number of hydrogen-bond donors (Lipinski definition) is 1. The molecule has 2 aromatic heterocycles. The Bertz CT molecular complexity index is 1350. The minimum atomic E-state index is -2.99. The van der Waals surface area contributed by atoms with Crippen molar-refractivity contribution in [3.63, 3.8) is 0 Å². The molecule has 5 rings (SSSR count). The van der Waals surface area contributed by atoms with Gasteiger partial charge in [-0.1, -0.05) is 12.1 Å². The van der Waals surface area contributed by atoms with Crippen LogP contribution in [-0.2, 0) is 9.84 Å². The van der Waals surface area contributed by atoms with Crippen molar-refractivity contribution in [1.82, 2.24) is 24.9 Å². The number of methoxy groups -OCH3 is 1. The molecule has 1 atom stereocenters. The molecule has 2 aliphatic rings. The fraction of sp³-hybridized carbons (Fsp3) is 0.458. The zero-order valence-electron chi connectivity index (χ0n) is 20.2. The summed E-state index contributed by atoms with van der Waals surface area (Å²) in [5.74, 6) is 0.989. The number of H-pyrrole nitrogens is 1. The van der Waals surface area contributed by atoms with Crippen LogP contribution in [0.5, 0.6) is 5.75 Å². The molecular weight excluding hydrogens is 468 g/mol. The Labute approximate surface area is 204 Å². The van der Waals surface area contributed by atoms with E-state index in [2.05, 4.69) is 20.2 Å². The van der Waals surface area contributed by atoms with Crippen LogP contribution in [0.1, 0.15) is 34.3 Å². The lowest BCUT2D eigenvalue weighted by Gasteiger charge is -2.36. The van der Waals surface area contributed by atoms with Gasteiger partial charge >= 0.3 is 0 Å². The number of nitrogens with one attached hydrogen (secondary N) is 1. The van der Waals surface area contributed by atoms with Crippen LogP contribution in [0, 0.1) is 13.8 Å². The number of aromatic amines is 1. The van der Waals surface area contributed by atoms with Gasteiger partial charge in [-0.3, -0.25) is 14.6 Å². The maximum atomic E-state index is 13.1. The van der Waals surface area contributed by atoms with Crippen LogP contribution < -0.4 is 9.64 Å². The number of amides is 1. The number of aryl methyl sites for hydroxylation is 1. The van der Waals surface area contributed by atoms with Gasteiger partial charge in [-0.25, -0.2) is 8.42 Å². The monoisotopic (exact) mass is 498 g/mol. The molecule has 0 aliphatic carbocycles. The fourth-order valence-electron chi connectivity index (χ4n) is 5.16. The molecule has 10 nitrogen and oxygen atoms in total. The Hall–Kier alpha value is -3.34. The summed E-state index contributed by atoms with van der Waals surface area (Å²) in [6.07, 6.45) is 0.604. The first kappa shape index (κ1) is 23.4. The number of ether oxygens (including phenoxy) is 1. The van der Waals surface area contributed by atoms with E-state index < -0.39 is 9.84 Å². The van der Waals surface area contributed by atoms with Gasteiger partial charge in [0.2, 0.25) is 0 Å². The number of carbonyl (C=O) groups excluding carboxylic acids is 1. The minimum absolute atomic E-state index is 0.0846. The van der Waals surface area contributed by atoms with Crippen LogP contribution in [0.2, 0.25) is 0 Å². The Balaban J connectivity index is 1.27. The molecule has 1 amide bonds. The molecule has 1 aromatic carbocycles. The van der Waals surface area contributed by atoms with Crippen LogP contribution in [0.15, 0.2) is 30.3 Å². The number of hydrogen-bond acceptors (Lipinski definition) is 7. The predicted octanol–water partition coefficient (Wildman–Crippen LogP) is 2.22. The zero-order valence-corrected chi connectivity index (χ0v) is 21.0. The lowest BCUT2D eigenvalue weighted by Crippen LogP contribution is -2.49.